The fourth-order valence-electron chi connectivity index (χ4n) is 1.54. The second kappa shape index (κ2) is 6.85. The first-order valence-corrected chi connectivity index (χ1v) is 7.09. The number of benzene rings is 1. The fourth-order valence-corrected chi connectivity index (χ4v) is 1.89. The molecule has 20 heavy (non-hydrogen) atoms. The average Bonchev–Trinajstić information content (AvgIpc) is 2.86. The van der Waals surface area contributed by atoms with E-state index in [1.807, 2.05) is 6.07 Å². The van der Waals surface area contributed by atoms with Gasteiger partial charge in [0.25, 0.3) is 0 Å². The Morgan fingerprint density at radius 3 is 2.90 bits per heavy atom. The zero-order valence-electron chi connectivity index (χ0n) is 11.3. The third-order valence-electron chi connectivity index (χ3n) is 2.57. The van der Waals surface area contributed by atoms with E-state index in [9.17, 15) is 4.39 Å². The minimum atomic E-state index is -0.320. The van der Waals surface area contributed by atoms with Crippen LogP contribution in [-0.2, 0) is 13.2 Å². The molecule has 1 N–H and O–H groups in total. The van der Waals surface area contributed by atoms with Crippen LogP contribution in [0.2, 0.25) is 0 Å². The molecule has 0 aliphatic heterocycles. The molecule has 2 rings (SSSR count). The number of hydrogen-bond acceptors (Lipinski definition) is 4. The van der Waals surface area contributed by atoms with Crippen molar-refractivity contribution in [3.05, 3.63) is 46.0 Å². The van der Waals surface area contributed by atoms with Gasteiger partial charge in [-0.1, -0.05) is 19.0 Å². The van der Waals surface area contributed by atoms with Crippen LogP contribution in [0.15, 0.2) is 33.3 Å². The van der Waals surface area contributed by atoms with Crippen LogP contribution in [0.5, 0.6) is 5.75 Å². The summed E-state index contributed by atoms with van der Waals surface area (Å²) in [6.45, 7) is 5.04. The smallest absolute Gasteiger partial charge is 0.174 e. The van der Waals surface area contributed by atoms with Crippen LogP contribution in [0.3, 0.4) is 0 Å². The molecule has 1 aromatic carbocycles. The Morgan fingerprint density at radius 1 is 1.40 bits per heavy atom. The molecule has 0 saturated carbocycles. The molecule has 0 aliphatic carbocycles. The highest BCUT2D eigenvalue weighted by Gasteiger charge is 2.07. The van der Waals surface area contributed by atoms with Crippen molar-refractivity contribution in [3.8, 4) is 5.75 Å². The van der Waals surface area contributed by atoms with E-state index >= 15 is 0 Å². The lowest BCUT2D eigenvalue weighted by atomic mass is 10.3. The summed E-state index contributed by atoms with van der Waals surface area (Å²) in [5, 5.41) is 7.20. The molecule has 4 nitrogen and oxygen atoms in total. The predicted octanol–water partition coefficient (Wildman–Crippen LogP) is 3.65. The molecule has 0 atom stereocenters. The van der Waals surface area contributed by atoms with Crippen molar-refractivity contribution in [2.75, 3.05) is 0 Å². The maximum Gasteiger partial charge on any atom is 0.174 e. The number of hydrogen-bond donors (Lipinski definition) is 1. The van der Waals surface area contributed by atoms with Gasteiger partial charge in [0.05, 0.1) is 10.2 Å². The van der Waals surface area contributed by atoms with Crippen molar-refractivity contribution in [1.82, 2.24) is 10.5 Å². The van der Waals surface area contributed by atoms with E-state index in [2.05, 4.69) is 40.3 Å². The highest BCUT2D eigenvalue weighted by Crippen LogP contribution is 2.22. The second-order valence-electron chi connectivity index (χ2n) is 4.68. The predicted molar refractivity (Wildman–Crippen MR) is 76.9 cm³/mol. The summed E-state index contributed by atoms with van der Waals surface area (Å²) < 4.78 is 24.1. The van der Waals surface area contributed by atoms with Gasteiger partial charge in [0.2, 0.25) is 0 Å². The second-order valence-corrected chi connectivity index (χ2v) is 5.54. The molecular formula is C14H16BrFN2O2. The Morgan fingerprint density at radius 2 is 2.20 bits per heavy atom. The number of nitrogens with one attached hydrogen (secondary N) is 1. The maximum atomic E-state index is 13.1. The van der Waals surface area contributed by atoms with Crippen LogP contribution >= 0.6 is 15.9 Å². The lowest BCUT2D eigenvalue weighted by molar-refractivity contribution is 0.248. The fraction of sp³-hybridized carbons (Fsp3) is 0.357. The molecule has 0 amide bonds. The molecule has 1 heterocycles. The van der Waals surface area contributed by atoms with E-state index in [1.165, 1.54) is 6.07 Å². The molecule has 6 heteroatoms. The summed E-state index contributed by atoms with van der Waals surface area (Å²) in [6.07, 6.45) is 0. The van der Waals surface area contributed by atoms with Crippen molar-refractivity contribution >= 4 is 15.9 Å². The van der Waals surface area contributed by atoms with E-state index in [4.69, 9.17) is 9.26 Å². The van der Waals surface area contributed by atoms with Crippen LogP contribution < -0.4 is 10.1 Å². The Kier molecular flexibility index (Phi) is 5.14. The first-order chi connectivity index (χ1) is 9.54. The van der Waals surface area contributed by atoms with Crippen molar-refractivity contribution < 1.29 is 13.7 Å². The highest BCUT2D eigenvalue weighted by molar-refractivity contribution is 9.10. The van der Waals surface area contributed by atoms with Gasteiger partial charge in [-0.15, -0.1) is 0 Å². The number of halogens is 2. The van der Waals surface area contributed by atoms with E-state index < -0.39 is 0 Å². The van der Waals surface area contributed by atoms with Crippen LogP contribution in [0.25, 0.3) is 0 Å². The summed E-state index contributed by atoms with van der Waals surface area (Å²) in [5.74, 6) is 0.876. The summed E-state index contributed by atoms with van der Waals surface area (Å²) in [7, 11) is 0. The standard InChI is InChI=1S/C14H16BrFN2O2/c1-9(2)17-7-10-5-12(20-18-10)8-19-11-3-4-14(16)13(15)6-11/h3-6,9,17H,7-8H2,1-2H3. The summed E-state index contributed by atoms with van der Waals surface area (Å²) in [5.41, 5.74) is 0.831. The van der Waals surface area contributed by atoms with Crippen LogP contribution in [0.1, 0.15) is 25.3 Å². The van der Waals surface area contributed by atoms with E-state index in [1.54, 1.807) is 12.1 Å². The molecule has 0 spiro atoms. The van der Waals surface area contributed by atoms with Crippen LogP contribution in [-0.4, -0.2) is 11.2 Å². The monoisotopic (exact) mass is 342 g/mol. The maximum absolute atomic E-state index is 13.1. The van der Waals surface area contributed by atoms with Crippen LogP contribution in [0, 0.1) is 5.82 Å². The van der Waals surface area contributed by atoms with Crippen LogP contribution in [0.4, 0.5) is 4.39 Å². The number of ether oxygens (including phenoxy) is 1. The third kappa shape index (κ3) is 4.31. The number of rotatable bonds is 6. The third-order valence-corrected chi connectivity index (χ3v) is 3.18. The van der Waals surface area contributed by atoms with Gasteiger partial charge in [-0.2, -0.15) is 0 Å². The molecule has 0 bridgehead atoms. The molecule has 0 saturated heterocycles. The van der Waals surface area contributed by atoms with Gasteiger partial charge in [0.15, 0.2) is 5.76 Å². The summed E-state index contributed by atoms with van der Waals surface area (Å²) in [6, 6.07) is 6.72. The highest BCUT2D eigenvalue weighted by atomic mass is 79.9. The summed E-state index contributed by atoms with van der Waals surface area (Å²) >= 11 is 3.11. The molecule has 0 unspecified atom stereocenters. The van der Waals surface area contributed by atoms with Crippen molar-refractivity contribution in [1.29, 1.82) is 0 Å². The summed E-state index contributed by atoms with van der Waals surface area (Å²) in [4.78, 5) is 0. The number of nitrogens with zero attached hydrogens (tertiary/aromatic N) is 1. The molecular weight excluding hydrogens is 327 g/mol. The Labute approximate surface area is 125 Å². The molecule has 0 fully saturated rings. The van der Waals surface area contributed by atoms with Crippen molar-refractivity contribution in [2.24, 2.45) is 0 Å². The van der Waals surface area contributed by atoms with Gasteiger partial charge >= 0.3 is 0 Å². The van der Waals surface area contributed by atoms with Gasteiger partial charge < -0.3 is 14.6 Å². The Bertz CT molecular complexity index is 572. The Balaban J connectivity index is 1.89. The minimum absolute atomic E-state index is 0.257. The molecule has 0 radical (unpaired) electrons. The van der Waals surface area contributed by atoms with Gasteiger partial charge in [-0.05, 0) is 34.1 Å². The lowest BCUT2D eigenvalue weighted by Crippen LogP contribution is -2.21. The van der Waals surface area contributed by atoms with Crippen molar-refractivity contribution in [2.45, 2.75) is 33.0 Å². The molecule has 1 aromatic heterocycles. The largest absolute Gasteiger partial charge is 0.486 e. The van der Waals surface area contributed by atoms with E-state index in [-0.39, 0.29) is 12.4 Å². The number of aromatic nitrogens is 1. The molecule has 108 valence electrons. The quantitative estimate of drug-likeness (QED) is 0.870. The first-order valence-electron chi connectivity index (χ1n) is 6.30. The van der Waals surface area contributed by atoms with Crippen molar-refractivity contribution in [3.63, 3.8) is 0 Å². The normalized spacial score (nSPS) is 11.1. The van der Waals surface area contributed by atoms with E-state index in [0.717, 1.165) is 5.69 Å². The molecule has 2 aromatic rings. The topological polar surface area (TPSA) is 47.3 Å². The lowest BCUT2D eigenvalue weighted by Gasteiger charge is -2.04. The van der Waals surface area contributed by atoms with Gasteiger partial charge in [-0.25, -0.2) is 4.39 Å². The minimum Gasteiger partial charge on any atom is -0.486 e. The Hall–Kier alpha value is -1.40. The van der Waals surface area contributed by atoms with E-state index in [0.29, 0.717) is 28.6 Å². The molecule has 0 aliphatic rings. The zero-order chi connectivity index (χ0) is 14.5. The zero-order valence-corrected chi connectivity index (χ0v) is 12.9. The first kappa shape index (κ1) is 15.0. The van der Waals surface area contributed by atoms with Gasteiger partial charge in [-0.3, -0.25) is 0 Å². The average molecular weight is 343 g/mol. The van der Waals surface area contributed by atoms with Gasteiger partial charge in [0, 0.05) is 18.7 Å². The SMILES string of the molecule is CC(C)NCc1cc(COc2ccc(F)c(Br)c2)on1. The van der Waals surface area contributed by atoms with Gasteiger partial charge in [0.1, 0.15) is 18.2 Å².